The van der Waals surface area contributed by atoms with Crippen LogP contribution >= 0.6 is 0 Å². The van der Waals surface area contributed by atoms with Gasteiger partial charge in [-0.05, 0) is 30.6 Å². The number of carbonyl (C=O) groups excluding carboxylic acids is 3. The Morgan fingerprint density at radius 3 is 2.19 bits per heavy atom. The predicted octanol–water partition coefficient (Wildman–Crippen LogP) is 1.38. The van der Waals surface area contributed by atoms with Crippen LogP contribution in [0.25, 0.3) is 0 Å². The van der Waals surface area contributed by atoms with E-state index in [1.165, 1.54) is 12.0 Å². The van der Waals surface area contributed by atoms with E-state index in [4.69, 9.17) is 4.74 Å². The molecule has 5 heteroatoms. The number of amides is 2. The van der Waals surface area contributed by atoms with Crippen LogP contribution in [0.5, 0.6) is 0 Å². The van der Waals surface area contributed by atoms with Gasteiger partial charge in [0.05, 0.1) is 18.9 Å². The molecule has 1 heterocycles. The van der Waals surface area contributed by atoms with Gasteiger partial charge < -0.3 is 4.74 Å². The highest BCUT2D eigenvalue weighted by Crippen LogP contribution is 2.53. The van der Waals surface area contributed by atoms with Crippen LogP contribution in [0.2, 0.25) is 0 Å². The number of esters is 1. The zero-order valence-electron chi connectivity index (χ0n) is 12.6. The molecule has 2 amide bonds. The molecule has 0 aromatic carbocycles. The summed E-state index contributed by atoms with van der Waals surface area (Å²) in [5.74, 6) is -0.845. The molecule has 5 atom stereocenters. The zero-order valence-corrected chi connectivity index (χ0v) is 12.6. The van der Waals surface area contributed by atoms with Crippen molar-refractivity contribution in [3.8, 4) is 0 Å². The van der Waals surface area contributed by atoms with Crippen molar-refractivity contribution >= 4 is 17.8 Å². The summed E-state index contributed by atoms with van der Waals surface area (Å²) >= 11 is 0. The van der Waals surface area contributed by atoms with Gasteiger partial charge >= 0.3 is 5.97 Å². The van der Waals surface area contributed by atoms with Gasteiger partial charge in [-0.2, -0.15) is 0 Å². The maximum atomic E-state index is 12.7. The monoisotopic (exact) mass is 291 g/mol. The first kappa shape index (κ1) is 14.3. The highest BCUT2D eigenvalue weighted by Gasteiger charge is 2.61. The zero-order chi connectivity index (χ0) is 15.3. The minimum Gasteiger partial charge on any atom is -0.467 e. The first-order chi connectivity index (χ1) is 9.95. The van der Waals surface area contributed by atoms with Crippen molar-refractivity contribution in [2.75, 3.05) is 7.11 Å². The summed E-state index contributed by atoms with van der Waals surface area (Å²) < 4.78 is 4.81. The molecule has 1 saturated carbocycles. The summed E-state index contributed by atoms with van der Waals surface area (Å²) in [6.07, 6.45) is 5.45. The lowest BCUT2D eigenvalue weighted by Crippen LogP contribution is -2.47. The van der Waals surface area contributed by atoms with Gasteiger partial charge in [0, 0.05) is 0 Å². The molecule has 3 rings (SSSR count). The van der Waals surface area contributed by atoms with E-state index in [0.717, 1.165) is 6.42 Å². The Hall–Kier alpha value is -1.65. The van der Waals surface area contributed by atoms with Gasteiger partial charge in [-0.1, -0.05) is 26.0 Å². The van der Waals surface area contributed by atoms with Gasteiger partial charge in [0.1, 0.15) is 6.04 Å². The second-order valence-corrected chi connectivity index (χ2v) is 6.71. The van der Waals surface area contributed by atoms with E-state index in [1.807, 2.05) is 13.8 Å². The van der Waals surface area contributed by atoms with Crippen molar-refractivity contribution in [2.45, 2.75) is 32.7 Å². The van der Waals surface area contributed by atoms with Crippen molar-refractivity contribution in [1.29, 1.82) is 0 Å². The highest BCUT2D eigenvalue weighted by molar-refractivity contribution is 6.08. The van der Waals surface area contributed by atoms with Crippen LogP contribution in [0.3, 0.4) is 0 Å². The molecule has 3 aliphatic rings. The van der Waals surface area contributed by atoms with Gasteiger partial charge in [-0.25, -0.2) is 4.79 Å². The summed E-state index contributed by atoms with van der Waals surface area (Å²) in [7, 11) is 1.30. The van der Waals surface area contributed by atoms with Crippen molar-refractivity contribution in [3.63, 3.8) is 0 Å². The number of hydrogen-bond donors (Lipinski definition) is 0. The van der Waals surface area contributed by atoms with Crippen LogP contribution in [0, 0.1) is 29.6 Å². The fraction of sp³-hybridized carbons (Fsp3) is 0.688. The van der Waals surface area contributed by atoms with Gasteiger partial charge in [0.25, 0.3) is 0 Å². The minimum absolute atomic E-state index is 0.166. The second kappa shape index (κ2) is 4.97. The first-order valence-electron chi connectivity index (χ1n) is 7.58. The molecule has 21 heavy (non-hydrogen) atoms. The lowest BCUT2D eigenvalue weighted by atomic mass is 9.85. The Kier molecular flexibility index (Phi) is 3.38. The molecular formula is C16H21NO4. The molecule has 0 N–H and O–H groups in total. The summed E-state index contributed by atoms with van der Waals surface area (Å²) in [5.41, 5.74) is 0. The number of likely N-dealkylation sites (tertiary alicyclic amines) is 1. The SMILES string of the molecule is COC(=O)[C@H](CC(C)C)N1C(=O)[C@@H]2[C@H](C1=O)[C@@H]1C=C[C@H]2C1. The number of hydrogen-bond acceptors (Lipinski definition) is 4. The molecule has 114 valence electrons. The minimum atomic E-state index is -0.778. The summed E-state index contributed by atoms with van der Waals surface area (Å²) in [4.78, 5) is 38.6. The lowest BCUT2D eigenvalue weighted by Gasteiger charge is -2.26. The number of imide groups is 1. The Labute approximate surface area is 124 Å². The van der Waals surface area contributed by atoms with Crippen LogP contribution in [-0.2, 0) is 19.1 Å². The van der Waals surface area contributed by atoms with E-state index >= 15 is 0 Å². The number of fused-ring (bicyclic) bond motifs is 5. The van der Waals surface area contributed by atoms with Crippen LogP contribution in [0.15, 0.2) is 12.2 Å². The van der Waals surface area contributed by atoms with Crippen molar-refractivity contribution < 1.29 is 19.1 Å². The Bertz CT molecular complexity index is 494. The fourth-order valence-corrected chi connectivity index (χ4v) is 4.12. The molecule has 0 aromatic heterocycles. The fourth-order valence-electron chi connectivity index (χ4n) is 4.12. The number of nitrogens with zero attached hydrogens (tertiary/aromatic N) is 1. The Morgan fingerprint density at radius 2 is 1.76 bits per heavy atom. The summed E-state index contributed by atoms with van der Waals surface area (Å²) in [5, 5.41) is 0. The molecule has 0 aromatic rings. The van der Waals surface area contributed by atoms with E-state index < -0.39 is 12.0 Å². The van der Waals surface area contributed by atoms with Gasteiger partial charge in [0.15, 0.2) is 0 Å². The third kappa shape index (κ3) is 2.01. The molecule has 0 spiro atoms. The molecular weight excluding hydrogens is 270 g/mol. The first-order valence-corrected chi connectivity index (χ1v) is 7.58. The molecule has 2 bridgehead atoms. The van der Waals surface area contributed by atoms with Crippen molar-refractivity contribution in [2.24, 2.45) is 29.6 Å². The molecule has 0 unspecified atom stereocenters. The maximum Gasteiger partial charge on any atom is 0.329 e. The average molecular weight is 291 g/mol. The number of methoxy groups -OCH3 is 1. The standard InChI is InChI=1S/C16H21NO4/c1-8(2)6-11(16(20)21-3)17-14(18)12-9-4-5-10(7-9)13(12)15(17)19/h4-5,8-13H,6-7H2,1-3H3/t9-,10+,11-,12-,13+/m0/s1. The number of allylic oxidation sites excluding steroid dienone is 2. The van der Waals surface area contributed by atoms with Gasteiger partial charge in [-0.15, -0.1) is 0 Å². The Balaban J connectivity index is 1.90. The predicted molar refractivity (Wildman–Crippen MR) is 74.8 cm³/mol. The maximum absolute atomic E-state index is 12.7. The molecule has 2 aliphatic carbocycles. The highest BCUT2D eigenvalue weighted by atomic mass is 16.5. The molecule has 1 saturated heterocycles. The Morgan fingerprint density at radius 1 is 1.24 bits per heavy atom. The number of rotatable bonds is 4. The molecule has 2 fully saturated rings. The van der Waals surface area contributed by atoms with Gasteiger partial charge in [0.2, 0.25) is 11.8 Å². The van der Waals surface area contributed by atoms with Crippen LogP contribution in [0.1, 0.15) is 26.7 Å². The van der Waals surface area contributed by atoms with E-state index in [9.17, 15) is 14.4 Å². The molecule has 1 aliphatic heterocycles. The van der Waals surface area contributed by atoms with E-state index in [-0.39, 0.29) is 41.4 Å². The van der Waals surface area contributed by atoms with E-state index in [2.05, 4.69) is 12.2 Å². The number of carbonyl (C=O) groups is 3. The lowest BCUT2D eigenvalue weighted by molar-refractivity contribution is -0.158. The third-order valence-corrected chi connectivity index (χ3v) is 4.98. The second-order valence-electron chi connectivity index (χ2n) is 6.71. The normalized spacial score (nSPS) is 34.8. The summed E-state index contributed by atoms with van der Waals surface area (Å²) in [6, 6.07) is -0.778. The largest absolute Gasteiger partial charge is 0.467 e. The number of ether oxygens (including phenoxy) is 1. The molecule has 0 radical (unpaired) electrons. The topological polar surface area (TPSA) is 63.7 Å². The van der Waals surface area contributed by atoms with Crippen LogP contribution in [-0.4, -0.2) is 35.8 Å². The summed E-state index contributed by atoms with van der Waals surface area (Å²) in [6.45, 7) is 3.93. The van der Waals surface area contributed by atoms with Crippen LogP contribution in [0.4, 0.5) is 0 Å². The van der Waals surface area contributed by atoms with Crippen LogP contribution < -0.4 is 0 Å². The third-order valence-electron chi connectivity index (χ3n) is 4.98. The molecule has 5 nitrogen and oxygen atoms in total. The van der Waals surface area contributed by atoms with Gasteiger partial charge in [-0.3, -0.25) is 14.5 Å². The van der Waals surface area contributed by atoms with E-state index in [0.29, 0.717) is 6.42 Å². The smallest absolute Gasteiger partial charge is 0.329 e. The van der Waals surface area contributed by atoms with Crippen molar-refractivity contribution in [1.82, 2.24) is 4.90 Å². The quantitative estimate of drug-likeness (QED) is 0.446. The average Bonchev–Trinajstić information content (AvgIpc) is 3.10. The van der Waals surface area contributed by atoms with E-state index in [1.54, 1.807) is 0 Å². The van der Waals surface area contributed by atoms with Crippen molar-refractivity contribution in [3.05, 3.63) is 12.2 Å².